The number of methoxy groups -OCH3 is 1. The van der Waals surface area contributed by atoms with Crippen LogP contribution in [0.3, 0.4) is 0 Å². The van der Waals surface area contributed by atoms with Crippen LogP contribution in [0.5, 0.6) is 5.75 Å². The molecule has 0 heterocycles. The molecule has 2 aromatic carbocycles. The second kappa shape index (κ2) is 4.91. The first-order valence-electron chi connectivity index (χ1n) is 5.63. The lowest BCUT2D eigenvalue weighted by atomic mass is 10.0. The van der Waals surface area contributed by atoms with Gasteiger partial charge in [-0.25, -0.2) is 0 Å². The van der Waals surface area contributed by atoms with Crippen LogP contribution in [0.25, 0.3) is 11.1 Å². The zero-order valence-electron chi connectivity index (χ0n) is 10.5. The molecule has 88 valence electrons. The van der Waals surface area contributed by atoms with E-state index in [-0.39, 0.29) is 0 Å². The van der Waals surface area contributed by atoms with Gasteiger partial charge in [-0.3, -0.25) is 0 Å². The quantitative estimate of drug-likeness (QED) is 0.796. The molecule has 0 N–H and O–H groups in total. The molecule has 0 radical (unpaired) electrons. The summed E-state index contributed by atoms with van der Waals surface area (Å²) in [6.07, 6.45) is 0. The summed E-state index contributed by atoms with van der Waals surface area (Å²) in [5.41, 5.74) is 3.50. The fourth-order valence-corrected chi connectivity index (χ4v) is 1.82. The van der Waals surface area contributed by atoms with Crippen molar-refractivity contribution < 1.29 is 4.74 Å². The number of hydrogen-bond donors (Lipinski definition) is 0. The molecule has 0 bridgehead atoms. The molecule has 2 heteroatoms. The highest BCUT2D eigenvalue weighted by molar-refractivity contribution is 5.71. The number of hydrogen-bond acceptors (Lipinski definition) is 2. The molecule has 0 atom stereocenters. The van der Waals surface area contributed by atoms with E-state index in [0.29, 0.717) is 0 Å². The minimum Gasteiger partial charge on any atom is -0.496 e. The Kier molecular flexibility index (Phi) is 3.33. The smallest absolute Gasteiger partial charge is 0.126 e. The maximum absolute atomic E-state index is 5.37. The summed E-state index contributed by atoms with van der Waals surface area (Å²) in [6, 6.07) is 16.5. The minimum atomic E-state index is 0.908. The second-order valence-corrected chi connectivity index (χ2v) is 4.14. The topological polar surface area (TPSA) is 12.5 Å². The molecule has 0 aromatic heterocycles. The predicted octanol–water partition coefficient (Wildman–Crippen LogP) is 3.43. The fourth-order valence-electron chi connectivity index (χ4n) is 1.82. The first-order chi connectivity index (χ1) is 8.22. The van der Waals surface area contributed by atoms with Gasteiger partial charge in [0.25, 0.3) is 0 Å². The van der Waals surface area contributed by atoms with E-state index in [9.17, 15) is 0 Å². The van der Waals surface area contributed by atoms with Crippen LogP contribution in [0.15, 0.2) is 48.5 Å². The van der Waals surface area contributed by atoms with Crippen LogP contribution in [-0.4, -0.2) is 21.2 Å². The van der Waals surface area contributed by atoms with Gasteiger partial charge in [0.05, 0.1) is 7.11 Å². The van der Waals surface area contributed by atoms with Gasteiger partial charge in [-0.1, -0.05) is 30.3 Å². The van der Waals surface area contributed by atoms with Crippen molar-refractivity contribution in [2.24, 2.45) is 0 Å². The van der Waals surface area contributed by atoms with E-state index in [1.54, 1.807) is 7.11 Å². The van der Waals surface area contributed by atoms with Crippen LogP contribution in [0.4, 0.5) is 5.69 Å². The SMILES string of the molecule is COc1ccccc1-c1ccc(N(C)C)cc1. The molecule has 2 nitrogen and oxygen atoms in total. The van der Waals surface area contributed by atoms with Crippen molar-refractivity contribution in [3.8, 4) is 16.9 Å². The van der Waals surface area contributed by atoms with E-state index in [1.807, 2.05) is 32.3 Å². The number of nitrogens with zero attached hydrogens (tertiary/aromatic N) is 1. The zero-order chi connectivity index (χ0) is 12.3. The molecular weight excluding hydrogens is 210 g/mol. The van der Waals surface area contributed by atoms with Crippen LogP contribution < -0.4 is 9.64 Å². The molecule has 0 amide bonds. The zero-order valence-corrected chi connectivity index (χ0v) is 10.5. The lowest BCUT2D eigenvalue weighted by molar-refractivity contribution is 0.416. The molecule has 2 aromatic rings. The summed E-state index contributed by atoms with van der Waals surface area (Å²) in [6.45, 7) is 0. The highest BCUT2D eigenvalue weighted by Crippen LogP contribution is 2.30. The third kappa shape index (κ3) is 2.41. The van der Waals surface area contributed by atoms with Crippen molar-refractivity contribution in [1.82, 2.24) is 0 Å². The Bertz CT molecular complexity index is 489. The largest absolute Gasteiger partial charge is 0.496 e. The Hall–Kier alpha value is -1.96. The number of anilines is 1. The lowest BCUT2D eigenvalue weighted by Gasteiger charge is -2.13. The van der Waals surface area contributed by atoms with Gasteiger partial charge in [0.15, 0.2) is 0 Å². The standard InChI is InChI=1S/C15H17NO/c1-16(2)13-10-8-12(9-11-13)14-6-4-5-7-15(14)17-3/h4-11H,1-3H3. The van der Waals surface area contributed by atoms with Gasteiger partial charge < -0.3 is 9.64 Å². The van der Waals surface area contributed by atoms with Gasteiger partial charge in [0.1, 0.15) is 5.75 Å². The van der Waals surface area contributed by atoms with Gasteiger partial charge in [-0.15, -0.1) is 0 Å². The summed E-state index contributed by atoms with van der Waals surface area (Å²) >= 11 is 0. The van der Waals surface area contributed by atoms with Crippen LogP contribution >= 0.6 is 0 Å². The van der Waals surface area contributed by atoms with Gasteiger partial charge >= 0.3 is 0 Å². The molecule has 0 unspecified atom stereocenters. The summed E-state index contributed by atoms with van der Waals surface area (Å²) in [4.78, 5) is 2.09. The summed E-state index contributed by atoms with van der Waals surface area (Å²) in [5, 5.41) is 0. The Morgan fingerprint density at radius 2 is 1.53 bits per heavy atom. The summed E-state index contributed by atoms with van der Waals surface area (Å²) in [5.74, 6) is 0.908. The van der Waals surface area contributed by atoms with Crippen molar-refractivity contribution in [1.29, 1.82) is 0 Å². The molecule has 2 rings (SSSR count). The molecule has 0 saturated heterocycles. The van der Waals surface area contributed by atoms with Crippen molar-refractivity contribution >= 4 is 5.69 Å². The van der Waals surface area contributed by atoms with E-state index in [1.165, 1.54) is 11.3 Å². The van der Waals surface area contributed by atoms with Crippen LogP contribution in [0, 0.1) is 0 Å². The van der Waals surface area contributed by atoms with E-state index < -0.39 is 0 Å². The highest BCUT2D eigenvalue weighted by atomic mass is 16.5. The third-order valence-electron chi connectivity index (χ3n) is 2.80. The van der Waals surface area contributed by atoms with Crippen molar-refractivity contribution in [2.45, 2.75) is 0 Å². The van der Waals surface area contributed by atoms with Gasteiger partial charge in [0, 0.05) is 25.3 Å². The maximum Gasteiger partial charge on any atom is 0.126 e. The van der Waals surface area contributed by atoms with Crippen molar-refractivity contribution in [3.63, 3.8) is 0 Å². The maximum atomic E-state index is 5.37. The number of benzene rings is 2. The summed E-state index contributed by atoms with van der Waals surface area (Å²) < 4.78 is 5.37. The monoisotopic (exact) mass is 227 g/mol. The predicted molar refractivity (Wildman–Crippen MR) is 72.8 cm³/mol. The van der Waals surface area contributed by atoms with E-state index in [4.69, 9.17) is 4.74 Å². The molecule has 0 aliphatic heterocycles. The van der Waals surface area contributed by atoms with Crippen molar-refractivity contribution in [2.75, 3.05) is 26.1 Å². The van der Waals surface area contributed by atoms with E-state index in [2.05, 4.69) is 35.2 Å². The molecule has 17 heavy (non-hydrogen) atoms. The number of ether oxygens (including phenoxy) is 1. The Balaban J connectivity index is 2.40. The normalized spacial score (nSPS) is 10.1. The van der Waals surface area contributed by atoms with E-state index in [0.717, 1.165) is 11.3 Å². The average molecular weight is 227 g/mol. The minimum absolute atomic E-state index is 0.908. The molecule has 0 aliphatic carbocycles. The number of rotatable bonds is 3. The third-order valence-corrected chi connectivity index (χ3v) is 2.80. The molecular formula is C15H17NO. The average Bonchev–Trinajstić information content (AvgIpc) is 2.39. The van der Waals surface area contributed by atoms with Gasteiger partial charge in [-0.05, 0) is 23.8 Å². The van der Waals surface area contributed by atoms with Gasteiger partial charge in [-0.2, -0.15) is 0 Å². The fraction of sp³-hybridized carbons (Fsp3) is 0.200. The molecule has 0 saturated carbocycles. The first kappa shape index (κ1) is 11.5. The Morgan fingerprint density at radius 3 is 2.12 bits per heavy atom. The molecule has 0 fully saturated rings. The Labute approximate surface area is 102 Å². The second-order valence-electron chi connectivity index (χ2n) is 4.14. The molecule has 0 spiro atoms. The van der Waals surface area contributed by atoms with Crippen LogP contribution in [0.1, 0.15) is 0 Å². The van der Waals surface area contributed by atoms with Gasteiger partial charge in [0.2, 0.25) is 0 Å². The van der Waals surface area contributed by atoms with Crippen LogP contribution in [0.2, 0.25) is 0 Å². The van der Waals surface area contributed by atoms with Crippen LogP contribution in [-0.2, 0) is 0 Å². The first-order valence-corrected chi connectivity index (χ1v) is 5.63. The summed E-state index contributed by atoms with van der Waals surface area (Å²) in [7, 11) is 5.78. The lowest BCUT2D eigenvalue weighted by Crippen LogP contribution is -2.07. The molecule has 0 aliphatic rings. The highest BCUT2D eigenvalue weighted by Gasteiger charge is 2.04. The van der Waals surface area contributed by atoms with Crippen molar-refractivity contribution in [3.05, 3.63) is 48.5 Å². The number of para-hydroxylation sites is 1. The Morgan fingerprint density at radius 1 is 0.882 bits per heavy atom. The van der Waals surface area contributed by atoms with E-state index >= 15 is 0 Å².